The molecule has 1 aromatic heterocycles. The molecule has 1 aromatic carbocycles. The summed E-state index contributed by atoms with van der Waals surface area (Å²) in [5.41, 5.74) is 8.07. The smallest absolute Gasteiger partial charge is 0.250 e. The van der Waals surface area contributed by atoms with Crippen molar-refractivity contribution in [3.63, 3.8) is 0 Å². The van der Waals surface area contributed by atoms with Crippen LogP contribution in [0.25, 0.3) is 12.2 Å². The summed E-state index contributed by atoms with van der Waals surface area (Å²) in [5.74, 6) is 2.81. The van der Waals surface area contributed by atoms with Crippen LogP contribution < -0.4 is 15.2 Å². The monoisotopic (exact) mass is 355 g/mol. The maximum atomic E-state index is 6.39. The SMILES string of the molecule is CCOc1cc2c(cc1/C=C/c1nc(C3(N)CCCC3)no1)OC(C)C2. The number of fused-ring (bicyclic) bond motifs is 1. The van der Waals surface area contributed by atoms with Gasteiger partial charge in [0, 0.05) is 23.6 Å². The summed E-state index contributed by atoms with van der Waals surface area (Å²) < 4.78 is 17.0. The van der Waals surface area contributed by atoms with Gasteiger partial charge in [-0.05, 0) is 44.9 Å². The van der Waals surface area contributed by atoms with Gasteiger partial charge < -0.3 is 19.7 Å². The Labute approximate surface area is 153 Å². The van der Waals surface area contributed by atoms with Gasteiger partial charge in [0.1, 0.15) is 17.6 Å². The average molecular weight is 355 g/mol. The molecule has 6 heteroatoms. The van der Waals surface area contributed by atoms with E-state index in [2.05, 4.69) is 23.1 Å². The third kappa shape index (κ3) is 3.21. The highest BCUT2D eigenvalue weighted by Crippen LogP contribution is 2.37. The highest BCUT2D eigenvalue weighted by atomic mass is 16.5. The first kappa shape index (κ1) is 17.1. The first-order chi connectivity index (χ1) is 12.6. The standard InChI is InChI=1S/C20H25N3O3/c1-3-24-16-12-15-10-13(2)25-17(15)11-14(16)6-7-18-22-19(23-26-18)20(21)8-4-5-9-20/h6-7,11-13H,3-5,8-10,21H2,1-2H3/b7-6+. The Hall–Kier alpha value is -2.34. The maximum Gasteiger partial charge on any atom is 0.250 e. The fraction of sp³-hybridized carbons (Fsp3) is 0.500. The normalized spacial score (nSPS) is 21.1. The molecular weight excluding hydrogens is 330 g/mol. The Bertz CT molecular complexity index is 822. The van der Waals surface area contributed by atoms with Crippen LogP contribution in [0.2, 0.25) is 0 Å². The predicted octanol–water partition coefficient (Wildman–Crippen LogP) is 3.69. The number of rotatable bonds is 5. The second-order valence-corrected chi connectivity index (χ2v) is 7.22. The molecule has 26 heavy (non-hydrogen) atoms. The molecule has 138 valence electrons. The number of hydrogen-bond donors (Lipinski definition) is 1. The topological polar surface area (TPSA) is 83.4 Å². The summed E-state index contributed by atoms with van der Waals surface area (Å²) in [6, 6.07) is 4.08. The van der Waals surface area contributed by atoms with Crippen molar-refractivity contribution in [1.29, 1.82) is 0 Å². The number of hydrogen-bond acceptors (Lipinski definition) is 6. The zero-order valence-corrected chi connectivity index (χ0v) is 15.3. The van der Waals surface area contributed by atoms with Crippen molar-refractivity contribution < 1.29 is 14.0 Å². The molecular formula is C20H25N3O3. The second-order valence-electron chi connectivity index (χ2n) is 7.22. The summed E-state index contributed by atoms with van der Waals surface area (Å²) >= 11 is 0. The third-order valence-corrected chi connectivity index (χ3v) is 5.12. The lowest BCUT2D eigenvalue weighted by Crippen LogP contribution is -2.34. The van der Waals surface area contributed by atoms with E-state index in [0.717, 1.165) is 49.2 Å². The zero-order chi connectivity index (χ0) is 18.1. The predicted molar refractivity (Wildman–Crippen MR) is 99.0 cm³/mol. The van der Waals surface area contributed by atoms with Gasteiger partial charge in [0.2, 0.25) is 0 Å². The highest BCUT2D eigenvalue weighted by molar-refractivity contribution is 5.72. The summed E-state index contributed by atoms with van der Waals surface area (Å²) in [6.45, 7) is 4.66. The number of nitrogens with zero attached hydrogens (tertiary/aromatic N) is 2. The minimum atomic E-state index is -0.441. The van der Waals surface area contributed by atoms with Crippen LogP contribution >= 0.6 is 0 Å². The third-order valence-electron chi connectivity index (χ3n) is 5.12. The quantitative estimate of drug-likeness (QED) is 0.881. The molecule has 1 aliphatic carbocycles. The minimum Gasteiger partial charge on any atom is -0.493 e. The van der Waals surface area contributed by atoms with Crippen molar-refractivity contribution in [2.45, 2.75) is 57.6 Å². The second kappa shape index (κ2) is 6.76. The van der Waals surface area contributed by atoms with E-state index in [1.54, 1.807) is 6.08 Å². The Morgan fingerprint density at radius 3 is 2.88 bits per heavy atom. The van der Waals surface area contributed by atoms with Crippen LogP contribution in [0.15, 0.2) is 16.7 Å². The molecule has 6 nitrogen and oxygen atoms in total. The molecule has 0 spiro atoms. The van der Waals surface area contributed by atoms with Gasteiger partial charge in [-0.25, -0.2) is 0 Å². The molecule has 1 aliphatic heterocycles. The fourth-order valence-electron chi connectivity index (χ4n) is 3.76. The van der Waals surface area contributed by atoms with Gasteiger partial charge >= 0.3 is 0 Å². The van der Waals surface area contributed by atoms with Crippen LogP contribution in [0, 0.1) is 0 Å². The molecule has 2 heterocycles. The van der Waals surface area contributed by atoms with E-state index < -0.39 is 5.54 Å². The first-order valence-corrected chi connectivity index (χ1v) is 9.35. The highest BCUT2D eigenvalue weighted by Gasteiger charge is 2.35. The van der Waals surface area contributed by atoms with E-state index in [1.807, 2.05) is 19.1 Å². The summed E-state index contributed by atoms with van der Waals surface area (Å²) in [7, 11) is 0. The maximum absolute atomic E-state index is 6.39. The first-order valence-electron chi connectivity index (χ1n) is 9.35. The minimum absolute atomic E-state index is 0.198. The molecule has 0 radical (unpaired) electrons. The summed E-state index contributed by atoms with van der Waals surface area (Å²) in [4.78, 5) is 4.48. The van der Waals surface area contributed by atoms with E-state index in [-0.39, 0.29) is 6.10 Å². The van der Waals surface area contributed by atoms with Gasteiger partial charge in [-0.1, -0.05) is 18.0 Å². The number of nitrogens with two attached hydrogens (primary N) is 1. The van der Waals surface area contributed by atoms with Crippen molar-refractivity contribution in [1.82, 2.24) is 10.1 Å². The summed E-state index contributed by atoms with van der Waals surface area (Å²) in [6.07, 6.45) is 8.87. The van der Waals surface area contributed by atoms with Gasteiger partial charge in [-0.3, -0.25) is 0 Å². The number of benzene rings is 1. The summed E-state index contributed by atoms with van der Waals surface area (Å²) in [5, 5.41) is 4.09. The number of ether oxygens (including phenoxy) is 2. The van der Waals surface area contributed by atoms with E-state index in [0.29, 0.717) is 18.3 Å². The van der Waals surface area contributed by atoms with E-state index in [1.165, 1.54) is 5.56 Å². The van der Waals surface area contributed by atoms with Gasteiger partial charge in [-0.15, -0.1) is 0 Å². The Kier molecular flexibility index (Phi) is 4.44. The van der Waals surface area contributed by atoms with Crippen LogP contribution in [0.5, 0.6) is 11.5 Å². The largest absolute Gasteiger partial charge is 0.493 e. The van der Waals surface area contributed by atoms with Crippen molar-refractivity contribution >= 4 is 12.2 Å². The molecule has 1 fully saturated rings. The van der Waals surface area contributed by atoms with Gasteiger partial charge in [0.25, 0.3) is 5.89 Å². The van der Waals surface area contributed by atoms with Crippen LogP contribution in [0.1, 0.15) is 62.4 Å². The molecule has 2 aliphatic rings. The molecule has 1 atom stereocenters. The van der Waals surface area contributed by atoms with Gasteiger partial charge in [-0.2, -0.15) is 4.98 Å². The number of aromatic nitrogens is 2. The molecule has 0 bridgehead atoms. The zero-order valence-electron chi connectivity index (χ0n) is 15.3. The average Bonchev–Trinajstić information content (AvgIpc) is 3.32. The molecule has 0 saturated heterocycles. The van der Waals surface area contributed by atoms with Gasteiger partial charge in [0.05, 0.1) is 12.1 Å². The Morgan fingerprint density at radius 1 is 1.31 bits per heavy atom. The molecule has 2 aromatic rings. The van der Waals surface area contributed by atoms with Crippen molar-refractivity contribution in [3.8, 4) is 11.5 Å². The Morgan fingerprint density at radius 2 is 2.12 bits per heavy atom. The fourth-order valence-corrected chi connectivity index (χ4v) is 3.76. The lowest BCUT2D eigenvalue weighted by molar-refractivity contribution is 0.254. The van der Waals surface area contributed by atoms with Gasteiger partial charge in [0.15, 0.2) is 5.82 Å². The lowest BCUT2D eigenvalue weighted by Gasteiger charge is -2.17. The van der Waals surface area contributed by atoms with E-state index >= 15 is 0 Å². The van der Waals surface area contributed by atoms with Crippen LogP contribution in [0.3, 0.4) is 0 Å². The van der Waals surface area contributed by atoms with E-state index in [4.69, 9.17) is 19.7 Å². The Balaban J connectivity index is 1.59. The molecule has 1 saturated carbocycles. The van der Waals surface area contributed by atoms with Crippen molar-refractivity contribution in [2.75, 3.05) is 6.61 Å². The van der Waals surface area contributed by atoms with Crippen molar-refractivity contribution in [2.24, 2.45) is 5.73 Å². The van der Waals surface area contributed by atoms with Crippen molar-refractivity contribution in [3.05, 3.63) is 35.0 Å². The van der Waals surface area contributed by atoms with Crippen LogP contribution in [-0.2, 0) is 12.0 Å². The molecule has 4 rings (SSSR count). The lowest BCUT2D eigenvalue weighted by atomic mass is 9.99. The molecule has 2 N–H and O–H groups in total. The van der Waals surface area contributed by atoms with Crippen LogP contribution in [-0.4, -0.2) is 22.9 Å². The molecule has 1 unspecified atom stereocenters. The molecule has 0 amide bonds. The van der Waals surface area contributed by atoms with Crippen LogP contribution in [0.4, 0.5) is 0 Å². The van der Waals surface area contributed by atoms with E-state index in [9.17, 15) is 0 Å².